The van der Waals surface area contributed by atoms with Gasteiger partial charge in [-0.15, -0.1) is 15.3 Å². The number of tetrazole rings is 2. The first-order chi connectivity index (χ1) is 7.91. The second-order valence-corrected chi connectivity index (χ2v) is 4.87. The summed E-state index contributed by atoms with van der Waals surface area (Å²) in [5.41, 5.74) is 0.00694. The molecule has 1 N–H and O–H groups in total. The molecule has 2 aromatic rings. The van der Waals surface area contributed by atoms with Crippen molar-refractivity contribution >= 4 is 0 Å². The number of nitrogens with zero attached hydrogens (tertiary/aromatic N) is 7. The summed E-state index contributed by atoms with van der Waals surface area (Å²) >= 11 is 0. The van der Waals surface area contributed by atoms with Gasteiger partial charge in [0.05, 0.1) is 0 Å². The van der Waals surface area contributed by atoms with Crippen molar-refractivity contribution in [3.63, 3.8) is 0 Å². The van der Waals surface area contributed by atoms with Crippen LogP contribution in [0.1, 0.15) is 61.3 Å². The van der Waals surface area contributed by atoms with Gasteiger partial charge in [-0.1, -0.05) is 40.8 Å². The van der Waals surface area contributed by atoms with Crippen molar-refractivity contribution in [1.82, 2.24) is 40.8 Å². The molecule has 110 valence electrons. The van der Waals surface area contributed by atoms with Crippen LogP contribution >= 0.6 is 0 Å². The van der Waals surface area contributed by atoms with Gasteiger partial charge in [-0.25, -0.2) is 4.68 Å². The first kappa shape index (κ1) is 19.5. The van der Waals surface area contributed by atoms with Crippen LogP contribution in [-0.2, 0) is 5.41 Å². The highest BCUT2D eigenvalue weighted by molar-refractivity contribution is 4.95. The van der Waals surface area contributed by atoms with E-state index in [1.54, 1.807) is 11.0 Å². The molecular formula is C11H26N8. The van der Waals surface area contributed by atoms with E-state index < -0.39 is 0 Å². The lowest BCUT2D eigenvalue weighted by Gasteiger charge is -2.10. The highest BCUT2D eigenvalue weighted by atomic mass is 15.5. The molecule has 0 radical (unpaired) electrons. The van der Waals surface area contributed by atoms with E-state index in [0.717, 1.165) is 5.82 Å². The van der Waals surface area contributed by atoms with Crippen LogP contribution < -0.4 is 0 Å². The fourth-order valence-corrected chi connectivity index (χ4v) is 0.884. The summed E-state index contributed by atoms with van der Waals surface area (Å²) in [6.45, 7) is 10.2. The SMILES string of the molecule is C.C.CC(C)(C)c1nn[nH]n1.CC(C)n1cnnn1. The summed E-state index contributed by atoms with van der Waals surface area (Å²) in [6, 6.07) is 0.366. The van der Waals surface area contributed by atoms with E-state index in [2.05, 4.69) is 36.1 Å². The van der Waals surface area contributed by atoms with Gasteiger partial charge in [0.15, 0.2) is 5.82 Å². The Bertz CT molecular complexity index is 398. The van der Waals surface area contributed by atoms with Crippen molar-refractivity contribution in [2.75, 3.05) is 0 Å². The molecule has 8 heteroatoms. The molecule has 0 aliphatic carbocycles. The van der Waals surface area contributed by atoms with Crippen molar-refractivity contribution < 1.29 is 0 Å². The maximum absolute atomic E-state index is 3.84. The van der Waals surface area contributed by atoms with Crippen molar-refractivity contribution in [3.05, 3.63) is 12.2 Å². The van der Waals surface area contributed by atoms with E-state index >= 15 is 0 Å². The maximum Gasteiger partial charge on any atom is 0.179 e. The standard InChI is InChI=1S/C5H10N4.C4H8N4.2CH4/c1-5(2,3)4-6-8-9-7-4;1-4(2)8-3-5-6-7-8;;/h1-3H3,(H,6,7,8,9);3-4H,1-2H3;2*1H4. The van der Waals surface area contributed by atoms with Crippen LogP contribution in [0.2, 0.25) is 0 Å². The summed E-state index contributed by atoms with van der Waals surface area (Å²) in [5, 5.41) is 24.2. The molecule has 8 nitrogen and oxygen atoms in total. The summed E-state index contributed by atoms with van der Waals surface area (Å²) in [5.74, 6) is 0.752. The second kappa shape index (κ2) is 8.28. The average molecular weight is 270 g/mol. The molecular weight excluding hydrogens is 244 g/mol. The minimum atomic E-state index is 0. The van der Waals surface area contributed by atoms with Crippen molar-refractivity contribution in [2.24, 2.45) is 0 Å². The van der Waals surface area contributed by atoms with Gasteiger partial charge in [-0.05, 0) is 24.3 Å². The van der Waals surface area contributed by atoms with E-state index in [0.29, 0.717) is 6.04 Å². The summed E-state index contributed by atoms with van der Waals surface area (Å²) < 4.78 is 1.69. The molecule has 0 saturated heterocycles. The highest BCUT2D eigenvalue weighted by Gasteiger charge is 2.17. The first-order valence-corrected chi connectivity index (χ1v) is 5.37. The zero-order valence-electron chi connectivity index (χ0n) is 10.8. The van der Waals surface area contributed by atoms with E-state index in [1.807, 2.05) is 34.6 Å². The third kappa shape index (κ3) is 6.58. The largest absolute Gasteiger partial charge is 0.230 e. The van der Waals surface area contributed by atoms with Gasteiger partial charge in [-0.3, -0.25) is 0 Å². The van der Waals surface area contributed by atoms with E-state index in [4.69, 9.17) is 0 Å². The van der Waals surface area contributed by atoms with Crippen LogP contribution in [0.4, 0.5) is 0 Å². The summed E-state index contributed by atoms with van der Waals surface area (Å²) in [7, 11) is 0. The summed E-state index contributed by atoms with van der Waals surface area (Å²) in [6.07, 6.45) is 1.60. The highest BCUT2D eigenvalue weighted by Crippen LogP contribution is 2.15. The van der Waals surface area contributed by atoms with E-state index in [9.17, 15) is 0 Å². The molecule has 0 atom stereocenters. The number of H-pyrrole nitrogens is 1. The molecule has 2 rings (SSSR count). The van der Waals surface area contributed by atoms with E-state index in [-0.39, 0.29) is 20.3 Å². The lowest BCUT2D eigenvalue weighted by molar-refractivity contribution is 0.514. The lowest BCUT2D eigenvalue weighted by Crippen LogP contribution is -2.13. The predicted molar refractivity (Wildman–Crippen MR) is 74.5 cm³/mol. The molecule has 0 saturated carbocycles. The number of aromatic amines is 1. The minimum Gasteiger partial charge on any atom is -0.230 e. The Hall–Kier alpha value is -1.86. The smallest absolute Gasteiger partial charge is 0.179 e. The van der Waals surface area contributed by atoms with Crippen LogP contribution in [0.3, 0.4) is 0 Å². The quantitative estimate of drug-likeness (QED) is 0.851. The molecule has 0 aliphatic heterocycles. The second-order valence-electron chi connectivity index (χ2n) is 4.87. The van der Waals surface area contributed by atoms with Crippen LogP contribution in [0, 0.1) is 0 Å². The topological polar surface area (TPSA) is 98.1 Å². The Labute approximate surface area is 115 Å². The minimum absolute atomic E-state index is 0. The van der Waals surface area contributed by atoms with Gasteiger partial charge in [-0.2, -0.15) is 5.21 Å². The van der Waals surface area contributed by atoms with Crippen LogP contribution in [0.25, 0.3) is 0 Å². The van der Waals surface area contributed by atoms with Gasteiger partial charge in [0.1, 0.15) is 6.33 Å². The van der Waals surface area contributed by atoms with Gasteiger partial charge in [0.25, 0.3) is 0 Å². The van der Waals surface area contributed by atoms with Crippen LogP contribution in [0.15, 0.2) is 6.33 Å². The molecule has 0 unspecified atom stereocenters. The Kier molecular flexibility index (Phi) is 8.49. The predicted octanol–water partition coefficient (Wildman–Crippen LogP) is 2.02. The lowest BCUT2D eigenvalue weighted by atomic mass is 9.96. The molecule has 0 aromatic carbocycles. The number of rotatable bonds is 1. The number of hydrogen-bond donors (Lipinski definition) is 1. The van der Waals surface area contributed by atoms with Gasteiger partial charge in [0, 0.05) is 11.5 Å². The molecule has 0 aliphatic rings. The summed E-state index contributed by atoms with van der Waals surface area (Å²) in [4.78, 5) is 0. The van der Waals surface area contributed by atoms with Crippen molar-refractivity contribution in [3.8, 4) is 0 Å². The molecule has 2 heterocycles. The van der Waals surface area contributed by atoms with Crippen LogP contribution in [-0.4, -0.2) is 40.8 Å². The van der Waals surface area contributed by atoms with Gasteiger partial charge < -0.3 is 0 Å². The number of hydrogen-bond acceptors (Lipinski definition) is 6. The number of aromatic nitrogens is 8. The molecule has 0 spiro atoms. The molecule has 19 heavy (non-hydrogen) atoms. The van der Waals surface area contributed by atoms with E-state index in [1.165, 1.54) is 0 Å². The van der Waals surface area contributed by atoms with Gasteiger partial charge in [0.2, 0.25) is 0 Å². The first-order valence-electron chi connectivity index (χ1n) is 5.37. The molecule has 0 fully saturated rings. The zero-order valence-corrected chi connectivity index (χ0v) is 10.8. The fourth-order valence-electron chi connectivity index (χ4n) is 0.884. The maximum atomic E-state index is 3.84. The van der Waals surface area contributed by atoms with Gasteiger partial charge >= 0.3 is 0 Å². The Morgan fingerprint density at radius 3 is 2.05 bits per heavy atom. The third-order valence-electron chi connectivity index (χ3n) is 1.91. The Morgan fingerprint density at radius 1 is 1.21 bits per heavy atom. The van der Waals surface area contributed by atoms with Crippen molar-refractivity contribution in [1.29, 1.82) is 0 Å². The third-order valence-corrected chi connectivity index (χ3v) is 1.91. The number of nitrogens with one attached hydrogen (secondary N) is 1. The fraction of sp³-hybridized carbons (Fsp3) is 0.818. The Balaban J connectivity index is 0. The average Bonchev–Trinajstić information content (AvgIpc) is 2.92. The molecule has 2 aromatic heterocycles. The molecule has 0 amide bonds. The van der Waals surface area contributed by atoms with Crippen LogP contribution in [0.5, 0.6) is 0 Å². The normalized spacial score (nSPS) is 10.0. The monoisotopic (exact) mass is 270 g/mol. The Morgan fingerprint density at radius 2 is 1.84 bits per heavy atom. The van der Waals surface area contributed by atoms with Crippen molar-refractivity contribution in [2.45, 2.75) is 60.9 Å². The zero-order chi connectivity index (χ0) is 12.9. The molecule has 0 bridgehead atoms.